The van der Waals surface area contributed by atoms with E-state index in [-0.39, 0.29) is 12.2 Å². The van der Waals surface area contributed by atoms with Crippen LogP contribution < -0.4 is 0 Å². The second kappa shape index (κ2) is 4.86. The molecule has 0 saturated heterocycles. The van der Waals surface area contributed by atoms with Gasteiger partial charge in [-0.1, -0.05) is 29.3 Å². The van der Waals surface area contributed by atoms with Crippen molar-refractivity contribution in [1.82, 2.24) is 0 Å². The third-order valence-electron chi connectivity index (χ3n) is 2.36. The molecule has 4 heteroatoms. The number of Topliss-reactive ketones (excluding diaryl/α,β-unsaturated/α-hetero) is 1. The summed E-state index contributed by atoms with van der Waals surface area (Å²) in [6.45, 7) is 3.11. The largest absolute Gasteiger partial charge is 0.300 e. The van der Waals surface area contributed by atoms with E-state index in [4.69, 9.17) is 23.2 Å². The third kappa shape index (κ3) is 2.55. The minimum absolute atomic E-state index is 0.0694. The molecule has 2 nitrogen and oxygen atoms in total. The summed E-state index contributed by atoms with van der Waals surface area (Å²) in [5.41, 5.74) is -0.447. The van der Waals surface area contributed by atoms with E-state index in [9.17, 15) is 10.1 Å². The second-order valence-electron chi connectivity index (χ2n) is 3.92. The van der Waals surface area contributed by atoms with Gasteiger partial charge in [0.15, 0.2) is 0 Å². The third-order valence-corrected chi connectivity index (χ3v) is 2.99. The van der Waals surface area contributed by atoms with Crippen molar-refractivity contribution in [2.24, 2.45) is 0 Å². The van der Waals surface area contributed by atoms with Crippen molar-refractivity contribution < 1.29 is 4.79 Å². The van der Waals surface area contributed by atoms with Gasteiger partial charge in [0.25, 0.3) is 0 Å². The van der Waals surface area contributed by atoms with E-state index in [0.717, 1.165) is 0 Å². The van der Waals surface area contributed by atoms with E-state index in [2.05, 4.69) is 6.07 Å². The standard InChI is InChI=1S/C12H11Cl2NO/c1-8(16)6-12(2,7-15)11-9(13)4-3-5-10(11)14/h3-5H,6H2,1-2H3. The first-order valence-corrected chi connectivity index (χ1v) is 5.51. The van der Waals surface area contributed by atoms with Crippen LogP contribution in [0.25, 0.3) is 0 Å². The Kier molecular flexibility index (Phi) is 3.96. The van der Waals surface area contributed by atoms with Gasteiger partial charge >= 0.3 is 0 Å². The average molecular weight is 256 g/mol. The molecular weight excluding hydrogens is 245 g/mol. The maximum absolute atomic E-state index is 11.2. The lowest BCUT2D eigenvalue weighted by molar-refractivity contribution is -0.117. The summed E-state index contributed by atoms with van der Waals surface area (Å²) >= 11 is 12.1. The SMILES string of the molecule is CC(=O)CC(C)(C#N)c1c(Cl)cccc1Cl. The Balaban J connectivity index is 3.34. The fourth-order valence-corrected chi connectivity index (χ4v) is 2.52. The summed E-state index contributed by atoms with van der Waals surface area (Å²) in [4.78, 5) is 11.2. The van der Waals surface area contributed by atoms with Gasteiger partial charge in [-0.2, -0.15) is 5.26 Å². The highest BCUT2D eigenvalue weighted by molar-refractivity contribution is 6.36. The number of carbonyl (C=O) groups is 1. The van der Waals surface area contributed by atoms with Crippen LogP contribution in [0.3, 0.4) is 0 Å². The van der Waals surface area contributed by atoms with Crippen molar-refractivity contribution in [2.45, 2.75) is 25.7 Å². The van der Waals surface area contributed by atoms with Crippen LogP contribution in [-0.4, -0.2) is 5.78 Å². The number of halogens is 2. The Morgan fingerprint density at radius 2 is 1.94 bits per heavy atom. The van der Waals surface area contributed by atoms with Crippen LogP contribution in [-0.2, 0) is 10.2 Å². The summed E-state index contributed by atoms with van der Waals surface area (Å²) in [7, 11) is 0. The average Bonchev–Trinajstić information content (AvgIpc) is 2.16. The molecule has 0 N–H and O–H groups in total. The molecule has 0 radical (unpaired) electrons. The zero-order valence-corrected chi connectivity index (χ0v) is 10.6. The van der Waals surface area contributed by atoms with Gasteiger partial charge in [0.1, 0.15) is 5.78 Å². The van der Waals surface area contributed by atoms with E-state index in [0.29, 0.717) is 15.6 Å². The maximum atomic E-state index is 11.2. The van der Waals surface area contributed by atoms with Crippen LogP contribution in [0, 0.1) is 11.3 Å². The number of hydrogen-bond donors (Lipinski definition) is 0. The van der Waals surface area contributed by atoms with Crippen molar-refractivity contribution >= 4 is 29.0 Å². The Labute approximate surface area is 105 Å². The first-order chi connectivity index (χ1) is 7.40. The molecule has 0 amide bonds. The highest BCUT2D eigenvalue weighted by atomic mass is 35.5. The number of rotatable bonds is 3. The lowest BCUT2D eigenvalue weighted by atomic mass is 9.79. The molecule has 1 aromatic rings. The number of nitriles is 1. The van der Waals surface area contributed by atoms with Crippen molar-refractivity contribution in [3.8, 4) is 6.07 Å². The lowest BCUT2D eigenvalue weighted by Gasteiger charge is -2.23. The molecule has 1 aromatic carbocycles. The van der Waals surface area contributed by atoms with Gasteiger partial charge < -0.3 is 0 Å². The molecule has 0 aromatic heterocycles. The van der Waals surface area contributed by atoms with Crippen LogP contribution >= 0.6 is 23.2 Å². The fourth-order valence-electron chi connectivity index (χ4n) is 1.71. The number of carbonyl (C=O) groups excluding carboxylic acids is 1. The summed E-state index contributed by atoms with van der Waals surface area (Å²) in [6.07, 6.45) is 0.104. The summed E-state index contributed by atoms with van der Waals surface area (Å²) in [5, 5.41) is 10.0. The molecule has 0 fully saturated rings. The Morgan fingerprint density at radius 3 is 2.31 bits per heavy atom. The van der Waals surface area contributed by atoms with E-state index in [1.807, 2.05) is 0 Å². The highest BCUT2D eigenvalue weighted by Crippen LogP contribution is 2.37. The van der Waals surface area contributed by atoms with Gasteiger partial charge in [-0.25, -0.2) is 0 Å². The van der Waals surface area contributed by atoms with Crippen LogP contribution in [0.2, 0.25) is 10.0 Å². The number of hydrogen-bond acceptors (Lipinski definition) is 2. The second-order valence-corrected chi connectivity index (χ2v) is 4.73. The van der Waals surface area contributed by atoms with Gasteiger partial charge in [0, 0.05) is 22.0 Å². The summed E-state index contributed by atoms with van der Waals surface area (Å²) < 4.78 is 0. The number of nitrogens with zero attached hydrogens (tertiary/aromatic N) is 1. The van der Waals surface area contributed by atoms with Gasteiger partial charge in [-0.15, -0.1) is 0 Å². The normalized spacial score (nSPS) is 13.9. The monoisotopic (exact) mass is 255 g/mol. The molecule has 1 atom stereocenters. The molecule has 0 spiro atoms. The smallest absolute Gasteiger partial charge is 0.131 e. The Morgan fingerprint density at radius 1 is 1.44 bits per heavy atom. The van der Waals surface area contributed by atoms with E-state index in [1.54, 1.807) is 25.1 Å². The van der Waals surface area contributed by atoms with Crippen molar-refractivity contribution in [3.63, 3.8) is 0 Å². The topological polar surface area (TPSA) is 40.9 Å². The minimum atomic E-state index is -0.971. The molecular formula is C12H11Cl2NO. The first kappa shape index (κ1) is 13.0. The molecule has 0 heterocycles. The number of ketones is 1. The van der Waals surface area contributed by atoms with Crippen molar-refractivity contribution in [3.05, 3.63) is 33.8 Å². The fraction of sp³-hybridized carbons (Fsp3) is 0.333. The van der Waals surface area contributed by atoms with Crippen LogP contribution in [0.1, 0.15) is 25.8 Å². The van der Waals surface area contributed by atoms with E-state index in [1.165, 1.54) is 6.92 Å². The predicted molar refractivity (Wildman–Crippen MR) is 64.7 cm³/mol. The van der Waals surface area contributed by atoms with Gasteiger partial charge in [0.2, 0.25) is 0 Å². The molecule has 0 bridgehead atoms. The molecule has 1 unspecified atom stereocenters. The van der Waals surface area contributed by atoms with E-state index >= 15 is 0 Å². The molecule has 0 saturated carbocycles. The minimum Gasteiger partial charge on any atom is -0.300 e. The van der Waals surface area contributed by atoms with Crippen LogP contribution in [0.5, 0.6) is 0 Å². The summed E-state index contributed by atoms with van der Waals surface area (Å²) in [5.74, 6) is -0.0694. The van der Waals surface area contributed by atoms with Crippen molar-refractivity contribution in [1.29, 1.82) is 5.26 Å². The number of benzene rings is 1. The molecule has 84 valence electrons. The molecule has 0 aliphatic heterocycles. The molecule has 16 heavy (non-hydrogen) atoms. The maximum Gasteiger partial charge on any atom is 0.131 e. The van der Waals surface area contributed by atoms with Gasteiger partial charge in [-0.05, 0) is 26.0 Å². The predicted octanol–water partition coefficient (Wildman–Crippen LogP) is 3.75. The first-order valence-electron chi connectivity index (χ1n) is 4.76. The highest BCUT2D eigenvalue weighted by Gasteiger charge is 2.32. The molecule has 1 rings (SSSR count). The zero-order chi connectivity index (χ0) is 12.3. The Bertz CT molecular complexity index is 444. The van der Waals surface area contributed by atoms with E-state index < -0.39 is 5.41 Å². The Hall–Kier alpha value is -1.04. The molecule has 0 aliphatic rings. The quantitative estimate of drug-likeness (QED) is 0.826. The van der Waals surface area contributed by atoms with Crippen molar-refractivity contribution in [2.75, 3.05) is 0 Å². The van der Waals surface area contributed by atoms with Gasteiger partial charge in [-0.3, -0.25) is 4.79 Å². The molecule has 0 aliphatic carbocycles. The van der Waals surface area contributed by atoms with Crippen LogP contribution in [0.4, 0.5) is 0 Å². The zero-order valence-electron chi connectivity index (χ0n) is 9.05. The van der Waals surface area contributed by atoms with Gasteiger partial charge in [0.05, 0.1) is 11.5 Å². The lowest BCUT2D eigenvalue weighted by Crippen LogP contribution is -2.23. The van der Waals surface area contributed by atoms with Crippen LogP contribution in [0.15, 0.2) is 18.2 Å². The summed E-state index contributed by atoms with van der Waals surface area (Å²) in [6, 6.07) is 7.16.